The average Bonchev–Trinajstić information content (AvgIpc) is 2.40. The van der Waals surface area contributed by atoms with Gasteiger partial charge < -0.3 is 10.2 Å². The largest absolute Gasteiger partial charge is 0.347 e. The van der Waals surface area contributed by atoms with Gasteiger partial charge in [-0.3, -0.25) is 9.59 Å². The number of nitrogens with one attached hydrogen (secondary N) is 1. The van der Waals surface area contributed by atoms with E-state index in [9.17, 15) is 14.0 Å². The molecule has 17 heavy (non-hydrogen) atoms. The van der Waals surface area contributed by atoms with Gasteiger partial charge in [0, 0.05) is 23.7 Å². The molecule has 0 bridgehead atoms. The molecule has 4 nitrogen and oxygen atoms in total. The van der Waals surface area contributed by atoms with E-state index >= 15 is 0 Å². The highest BCUT2D eigenvalue weighted by molar-refractivity contribution is 6.31. The van der Waals surface area contributed by atoms with Crippen molar-refractivity contribution in [3.63, 3.8) is 0 Å². The third-order valence-electron chi connectivity index (χ3n) is 2.46. The zero-order chi connectivity index (χ0) is 12.4. The first-order chi connectivity index (χ1) is 8.06. The molecule has 1 fully saturated rings. The van der Waals surface area contributed by atoms with E-state index in [1.807, 2.05) is 0 Å². The smallest absolute Gasteiger partial charge is 0.246 e. The lowest BCUT2D eigenvalue weighted by Gasteiger charge is -2.20. The zero-order valence-electron chi connectivity index (χ0n) is 8.87. The van der Waals surface area contributed by atoms with Crippen LogP contribution in [0.3, 0.4) is 0 Å². The number of carbonyl (C=O) groups excluding carboxylic acids is 2. The zero-order valence-corrected chi connectivity index (χ0v) is 9.63. The van der Waals surface area contributed by atoms with Gasteiger partial charge in [0.15, 0.2) is 0 Å². The van der Waals surface area contributed by atoms with Gasteiger partial charge in [0.1, 0.15) is 5.82 Å². The van der Waals surface area contributed by atoms with Gasteiger partial charge in [-0.05, 0) is 18.2 Å². The lowest BCUT2D eigenvalue weighted by atomic mass is 10.2. The summed E-state index contributed by atoms with van der Waals surface area (Å²) >= 11 is 5.73. The summed E-state index contributed by atoms with van der Waals surface area (Å²) in [6, 6.07) is 3.88. The number of rotatable bonds is 1. The molecule has 0 spiro atoms. The van der Waals surface area contributed by atoms with Crippen molar-refractivity contribution in [1.82, 2.24) is 5.32 Å². The number of anilines is 1. The normalized spacial score (nSPS) is 16.7. The van der Waals surface area contributed by atoms with Crippen LogP contribution in [0, 0.1) is 5.82 Å². The Hall–Kier alpha value is -1.62. The highest BCUT2D eigenvalue weighted by Gasteiger charge is 2.21. The van der Waals surface area contributed by atoms with Gasteiger partial charge in [-0.15, -0.1) is 0 Å². The molecule has 1 aliphatic heterocycles. The Bertz CT molecular complexity index is 458. The second-order valence-electron chi connectivity index (χ2n) is 3.70. The first kappa shape index (κ1) is 11.9. The summed E-state index contributed by atoms with van der Waals surface area (Å²) in [6.45, 7) is 0.150. The SMILES string of the molecule is O=C1CCN(c2cc(F)cc(Cl)c2)C(=O)CN1. The van der Waals surface area contributed by atoms with Crippen molar-refractivity contribution in [3.8, 4) is 0 Å². The summed E-state index contributed by atoms with van der Waals surface area (Å²) < 4.78 is 13.2. The van der Waals surface area contributed by atoms with E-state index in [0.717, 1.165) is 6.07 Å². The molecule has 0 aliphatic carbocycles. The second-order valence-corrected chi connectivity index (χ2v) is 4.14. The van der Waals surface area contributed by atoms with Gasteiger partial charge in [-0.2, -0.15) is 0 Å². The van der Waals surface area contributed by atoms with Crippen LogP contribution in [0.1, 0.15) is 6.42 Å². The first-order valence-electron chi connectivity index (χ1n) is 5.09. The molecule has 1 aliphatic rings. The molecular weight excluding hydrogens is 247 g/mol. The fraction of sp³-hybridized carbons (Fsp3) is 0.273. The minimum absolute atomic E-state index is 0.0764. The van der Waals surface area contributed by atoms with E-state index in [1.54, 1.807) is 0 Å². The number of benzene rings is 1. The molecule has 1 aromatic rings. The second kappa shape index (κ2) is 4.71. The highest BCUT2D eigenvalue weighted by Crippen LogP contribution is 2.22. The Morgan fingerprint density at radius 2 is 2.06 bits per heavy atom. The Balaban J connectivity index is 2.30. The van der Waals surface area contributed by atoms with Gasteiger partial charge in [-0.25, -0.2) is 4.39 Å². The van der Waals surface area contributed by atoms with Crippen LogP contribution in [0.2, 0.25) is 5.02 Å². The van der Waals surface area contributed by atoms with Crippen LogP contribution in [-0.4, -0.2) is 24.9 Å². The number of amides is 2. The van der Waals surface area contributed by atoms with Crippen molar-refractivity contribution < 1.29 is 14.0 Å². The fourth-order valence-electron chi connectivity index (χ4n) is 1.66. The highest BCUT2D eigenvalue weighted by atomic mass is 35.5. The Morgan fingerprint density at radius 1 is 1.29 bits per heavy atom. The van der Waals surface area contributed by atoms with E-state index in [1.165, 1.54) is 17.0 Å². The number of nitrogens with zero attached hydrogens (tertiary/aromatic N) is 1. The number of hydrogen-bond donors (Lipinski definition) is 1. The number of hydrogen-bond acceptors (Lipinski definition) is 2. The first-order valence-corrected chi connectivity index (χ1v) is 5.47. The summed E-state index contributed by atoms with van der Waals surface area (Å²) in [5.74, 6) is -0.982. The van der Waals surface area contributed by atoms with E-state index in [2.05, 4.69) is 5.32 Å². The predicted octanol–water partition coefficient (Wildman–Crippen LogP) is 1.33. The van der Waals surface area contributed by atoms with Gasteiger partial charge >= 0.3 is 0 Å². The van der Waals surface area contributed by atoms with Gasteiger partial charge in [0.05, 0.1) is 6.54 Å². The summed E-state index contributed by atoms with van der Waals surface area (Å²) in [6.07, 6.45) is 0.194. The Kier molecular flexibility index (Phi) is 3.28. The predicted molar refractivity (Wildman–Crippen MR) is 61.4 cm³/mol. The maximum Gasteiger partial charge on any atom is 0.246 e. The van der Waals surface area contributed by atoms with Crippen molar-refractivity contribution >= 4 is 29.1 Å². The molecule has 6 heteroatoms. The minimum Gasteiger partial charge on any atom is -0.347 e. The molecule has 0 radical (unpaired) electrons. The van der Waals surface area contributed by atoms with Crippen molar-refractivity contribution in [2.45, 2.75) is 6.42 Å². The van der Waals surface area contributed by atoms with Crippen LogP contribution < -0.4 is 10.2 Å². The van der Waals surface area contributed by atoms with E-state index < -0.39 is 5.82 Å². The quantitative estimate of drug-likeness (QED) is 0.824. The van der Waals surface area contributed by atoms with Crippen LogP contribution in [0.15, 0.2) is 18.2 Å². The fourth-order valence-corrected chi connectivity index (χ4v) is 1.88. The van der Waals surface area contributed by atoms with Crippen LogP contribution in [-0.2, 0) is 9.59 Å². The molecule has 0 saturated carbocycles. The number of carbonyl (C=O) groups is 2. The minimum atomic E-state index is -0.510. The van der Waals surface area contributed by atoms with Crippen molar-refractivity contribution in [1.29, 1.82) is 0 Å². The monoisotopic (exact) mass is 256 g/mol. The number of halogens is 2. The van der Waals surface area contributed by atoms with Gasteiger partial charge in [0.25, 0.3) is 0 Å². The van der Waals surface area contributed by atoms with Crippen LogP contribution >= 0.6 is 11.6 Å². The third kappa shape index (κ3) is 2.74. The standard InChI is InChI=1S/C11H10ClFN2O2/c12-7-3-8(13)5-9(4-7)15-2-1-10(16)14-6-11(15)17/h3-5H,1-2,6H2,(H,14,16). The van der Waals surface area contributed by atoms with E-state index in [0.29, 0.717) is 5.69 Å². The molecule has 2 rings (SSSR count). The topological polar surface area (TPSA) is 49.4 Å². The molecule has 1 heterocycles. The molecular formula is C11H10ClFN2O2. The van der Waals surface area contributed by atoms with Crippen molar-refractivity contribution in [2.75, 3.05) is 18.0 Å². The van der Waals surface area contributed by atoms with Crippen LogP contribution in [0.4, 0.5) is 10.1 Å². The van der Waals surface area contributed by atoms with Crippen molar-refractivity contribution in [2.24, 2.45) is 0 Å². The van der Waals surface area contributed by atoms with Crippen LogP contribution in [0.25, 0.3) is 0 Å². The average molecular weight is 257 g/mol. The maximum atomic E-state index is 13.2. The molecule has 1 N–H and O–H groups in total. The van der Waals surface area contributed by atoms with E-state index in [4.69, 9.17) is 11.6 Å². The van der Waals surface area contributed by atoms with Crippen molar-refractivity contribution in [3.05, 3.63) is 29.0 Å². The third-order valence-corrected chi connectivity index (χ3v) is 2.68. The van der Waals surface area contributed by atoms with E-state index in [-0.39, 0.29) is 36.3 Å². The lowest BCUT2D eigenvalue weighted by Crippen LogP contribution is -2.35. The maximum absolute atomic E-state index is 13.2. The molecule has 2 amide bonds. The lowest BCUT2D eigenvalue weighted by molar-refractivity contribution is -0.123. The molecule has 1 saturated heterocycles. The summed E-state index contributed by atoms with van der Waals surface area (Å²) in [5.41, 5.74) is 0.372. The summed E-state index contributed by atoms with van der Waals surface area (Å²) in [7, 11) is 0. The molecule has 90 valence electrons. The molecule has 0 aromatic heterocycles. The van der Waals surface area contributed by atoms with Gasteiger partial charge in [0.2, 0.25) is 11.8 Å². The molecule has 0 atom stereocenters. The molecule has 1 aromatic carbocycles. The van der Waals surface area contributed by atoms with Crippen LogP contribution in [0.5, 0.6) is 0 Å². The Morgan fingerprint density at radius 3 is 2.76 bits per heavy atom. The Labute approximate surface area is 102 Å². The summed E-state index contributed by atoms with van der Waals surface area (Å²) in [4.78, 5) is 24.2. The summed E-state index contributed by atoms with van der Waals surface area (Å²) in [5, 5.41) is 2.69. The molecule has 0 unspecified atom stereocenters. The van der Waals surface area contributed by atoms with Gasteiger partial charge in [-0.1, -0.05) is 11.6 Å².